The van der Waals surface area contributed by atoms with E-state index in [0.717, 1.165) is 6.42 Å². The molecule has 1 rings (SSSR count). The summed E-state index contributed by atoms with van der Waals surface area (Å²) in [5.41, 5.74) is 0.760. The number of hydrogen-bond acceptors (Lipinski definition) is 5. The molecule has 0 aliphatic heterocycles. The summed E-state index contributed by atoms with van der Waals surface area (Å²) in [6, 6.07) is 6.30. The number of hydrogen-bond donors (Lipinski definition) is 3. The Hall–Kier alpha value is -1.62. The largest absolute Gasteiger partial charge is 0.396 e. The van der Waals surface area contributed by atoms with Crippen LogP contribution in [0, 0.1) is 17.2 Å². The molecule has 3 N–H and O–H groups in total. The predicted molar refractivity (Wildman–Crippen MR) is 90.6 cm³/mol. The topological polar surface area (TPSA) is 102 Å². The summed E-state index contributed by atoms with van der Waals surface area (Å²) < 4.78 is 27.5. The zero-order valence-electron chi connectivity index (χ0n) is 13.8. The van der Waals surface area contributed by atoms with Crippen LogP contribution in [0.3, 0.4) is 0 Å². The molecule has 0 saturated carbocycles. The molecule has 0 bridgehead atoms. The van der Waals surface area contributed by atoms with Crippen LogP contribution < -0.4 is 10.0 Å². The Bertz CT molecular complexity index is 651. The van der Waals surface area contributed by atoms with Crippen molar-refractivity contribution >= 4 is 15.7 Å². The molecule has 0 fully saturated rings. The summed E-state index contributed by atoms with van der Waals surface area (Å²) in [4.78, 5) is 0.0732. The van der Waals surface area contributed by atoms with E-state index in [0.29, 0.717) is 24.2 Å². The first-order valence-electron chi connectivity index (χ1n) is 7.75. The van der Waals surface area contributed by atoms with Crippen LogP contribution in [0.2, 0.25) is 0 Å². The molecule has 0 radical (unpaired) electrons. The average Bonchev–Trinajstić information content (AvgIpc) is 2.50. The number of aliphatic hydroxyl groups is 1. The van der Waals surface area contributed by atoms with Gasteiger partial charge in [0.25, 0.3) is 0 Å². The summed E-state index contributed by atoms with van der Waals surface area (Å²) in [7, 11) is -3.70. The van der Waals surface area contributed by atoms with Crippen LogP contribution in [-0.4, -0.2) is 32.7 Å². The van der Waals surface area contributed by atoms with Crippen molar-refractivity contribution in [3.05, 3.63) is 23.8 Å². The Labute approximate surface area is 138 Å². The molecule has 0 aromatic heterocycles. The fraction of sp³-hybridized carbons (Fsp3) is 0.562. The maximum atomic E-state index is 12.5. The van der Waals surface area contributed by atoms with Gasteiger partial charge in [0.2, 0.25) is 10.0 Å². The second-order valence-corrected chi connectivity index (χ2v) is 7.45. The summed E-state index contributed by atoms with van der Waals surface area (Å²) in [6.45, 7) is 6.18. The van der Waals surface area contributed by atoms with Crippen molar-refractivity contribution in [3.8, 4) is 6.07 Å². The van der Waals surface area contributed by atoms with Gasteiger partial charge in [-0.05, 0) is 44.4 Å². The number of aliphatic hydroxyl groups excluding tert-OH is 1. The van der Waals surface area contributed by atoms with Gasteiger partial charge in [-0.25, -0.2) is 13.1 Å². The summed E-state index contributed by atoms with van der Waals surface area (Å²) in [6.07, 6.45) is 1.54. The van der Waals surface area contributed by atoms with Crippen LogP contribution in [0.25, 0.3) is 0 Å². The molecule has 0 aliphatic rings. The summed E-state index contributed by atoms with van der Waals surface area (Å²) in [5.74, 6) is 0.254. The molecule has 1 aromatic carbocycles. The van der Waals surface area contributed by atoms with E-state index in [4.69, 9.17) is 10.4 Å². The van der Waals surface area contributed by atoms with Crippen molar-refractivity contribution < 1.29 is 13.5 Å². The smallest absolute Gasteiger partial charge is 0.242 e. The van der Waals surface area contributed by atoms with Crippen molar-refractivity contribution in [1.29, 1.82) is 5.26 Å². The first kappa shape index (κ1) is 19.4. The zero-order chi connectivity index (χ0) is 17.5. The SMILES string of the molecule is CCC(CCO)CNc1ccc(C#N)cc1S(=O)(=O)NC(C)C. The van der Waals surface area contributed by atoms with E-state index in [1.807, 2.05) is 13.0 Å². The van der Waals surface area contributed by atoms with Gasteiger partial charge in [-0.1, -0.05) is 13.3 Å². The van der Waals surface area contributed by atoms with Crippen molar-refractivity contribution in [2.24, 2.45) is 5.92 Å². The highest BCUT2D eigenvalue weighted by molar-refractivity contribution is 7.89. The minimum atomic E-state index is -3.70. The Morgan fingerprint density at radius 3 is 2.57 bits per heavy atom. The quantitative estimate of drug-likeness (QED) is 0.639. The van der Waals surface area contributed by atoms with Gasteiger partial charge < -0.3 is 10.4 Å². The van der Waals surface area contributed by atoms with E-state index in [9.17, 15) is 8.42 Å². The van der Waals surface area contributed by atoms with Gasteiger partial charge in [-0.3, -0.25) is 0 Å². The molecule has 0 saturated heterocycles. The average molecular weight is 339 g/mol. The first-order chi connectivity index (χ1) is 10.8. The molecular formula is C16H25N3O3S. The number of anilines is 1. The molecule has 23 heavy (non-hydrogen) atoms. The molecule has 128 valence electrons. The van der Waals surface area contributed by atoms with E-state index in [2.05, 4.69) is 10.0 Å². The van der Waals surface area contributed by atoms with Crippen LogP contribution in [-0.2, 0) is 10.0 Å². The van der Waals surface area contributed by atoms with E-state index >= 15 is 0 Å². The van der Waals surface area contributed by atoms with Gasteiger partial charge >= 0.3 is 0 Å². The Kier molecular flexibility index (Phi) is 7.49. The molecule has 0 amide bonds. The maximum Gasteiger partial charge on any atom is 0.242 e. The van der Waals surface area contributed by atoms with E-state index < -0.39 is 10.0 Å². The number of nitrogens with one attached hydrogen (secondary N) is 2. The third-order valence-electron chi connectivity index (χ3n) is 3.49. The second kappa shape index (κ2) is 8.87. The molecule has 6 nitrogen and oxygen atoms in total. The second-order valence-electron chi connectivity index (χ2n) is 5.77. The van der Waals surface area contributed by atoms with Crippen LogP contribution in [0.1, 0.15) is 39.2 Å². The van der Waals surface area contributed by atoms with Gasteiger partial charge in [0, 0.05) is 19.2 Å². The van der Waals surface area contributed by atoms with Gasteiger partial charge in [0.05, 0.1) is 17.3 Å². The third-order valence-corrected chi connectivity index (χ3v) is 5.19. The lowest BCUT2D eigenvalue weighted by atomic mass is 10.0. The number of sulfonamides is 1. The predicted octanol–water partition coefficient (Wildman–Crippen LogP) is 2.07. The fourth-order valence-electron chi connectivity index (χ4n) is 2.22. The van der Waals surface area contributed by atoms with Crippen LogP contribution in [0.4, 0.5) is 5.69 Å². The number of nitrogens with zero attached hydrogens (tertiary/aromatic N) is 1. The lowest BCUT2D eigenvalue weighted by Crippen LogP contribution is -2.31. The van der Waals surface area contributed by atoms with Crippen molar-refractivity contribution in [1.82, 2.24) is 4.72 Å². The number of rotatable bonds is 9. The maximum absolute atomic E-state index is 12.5. The molecule has 1 unspecified atom stereocenters. The standard InChI is InChI=1S/C16H25N3O3S/c1-4-13(7-8-20)11-18-15-6-5-14(10-17)9-16(15)23(21,22)19-12(2)3/h5-6,9,12-13,18-20H,4,7-8,11H2,1-3H3. The zero-order valence-corrected chi connectivity index (χ0v) is 14.7. The van der Waals surface area contributed by atoms with E-state index in [-0.39, 0.29) is 23.5 Å². The Balaban J connectivity index is 3.10. The minimum Gasteiger partial charge on any atom is -0.396 e. The minimum absolute atomic E-state index is 0.0732. The van der Waals surface area contributed by atoms with Crippen molar-refractivity contribution in [2.75, 3.05) is 18.5 Å². The van der Waals surface area contributed by atoms with E-state index in [1.54, 1.807) is 26.0 Å². The van der Waals surface area contributed by atoms with E-state index in [1.165, 1.54) is 6.07 Å². The highest BCUT2D eigenvalue weighted by atomic mass is 32.2. The Morgan fingerprint density at radius 2 is 2.04 bits per heavy atom. The van der Waals surface area contributed by atoms with Gasteiger partial charge in [-0.15, -0.1) is 0 Å². The molecular weight excluding hydrogens is 314 g/mol. The summed E-state index contributed by atoms with van der Waals surface area (Å²) in [5, 5.41) is 21.2. The molecule has 1 atom stereocenters. The fourth-order valence-corrected chi connectivity index (χ4v) is 3.68. The van der Waals surface area contributed by atoms with Gasteiger partial charge in [0.15, 0.2) is 0 Å². The highest BCUT2D eigenvalue weighted by Gasteiger charge is 2.20. The third kappa shape index (κ3) is 5.82. The van der Waals surface area contributed by atoms with Gasteiger partial charge in [0.1, 0.15) is 4.90 Å². The monoisotopic (exact) mass is 339 g/mol. The molecule has 0 heterocycles. The lowest BCUT2D eigenvalue weighted by Gasteiger charge is -2.18. The number of nitriles is 1. The van der Waals surface area contributed by atoms with Crippen molar-refractivity contribution in [2.45, 2.75) is 44.6 Å². The molecule has 0 spiro atoms. The molecule has 0 aliphatic carbocycles. The Morgan fingerprint density at radius 1 is 1.35 bits per heavy atom. The van der Waals surface area contributed by atoms with Crippen molar-refractivity contribution in [3.63, 3.8) is 0 Å². The summed E-state index contributed by atoms with van der Waals surface area (Å²) >= 11 is 0. The van der Waals surface area contributed by atoms with Crippen LogP contribution in [0.5, 0.6) is 0 Å². The first-order valence-corrected chi connectivity index (χ1v) is 9.23. The highest BCUT2D eigenvalue weighted by Crippen LogP contribution is 2.24. The lowest BCUT2D eigenvalue weighted by molar-refractivity contribution is 0.258. The normalized spacial score (nSPS) is 12.9. The van der Waals surface area contributed by atoms with Gasteiger partial charge in [-0.2, -0.15) is 5.26 Å². The van der Waals surface area contributed by atoms with Crippen LogP contribution >= 0.6 is 0 Å². The number of benzene rings is 1. The molecule has 7 heteroatoms. The molecule has 1 aromatic rings. The van der Waals surface area contributed by atoms with Crippen LogP contribution in [0.15, 0.2) is 23.1 Å².